The molecule has 0 aliphatic heterocycles. The van der Waals surface area contributed by atoms with Gasteiger partial charge in [-0.2, -0.15) is 8.78 Å². The Balaban J connectivity index is 2.06. The number of benzene rings is 1. The summed E-state index contributed by atoms with van der Waals surface area (Å²) in [5.41, 5.74) is 0.847. The van der Waals surface area contributed by atoms with Gasteiger partial charge in [0, 0.05) is 16.6 Å². The second-order valence-corrected chi connectivity index (χ2v) is 5.03. The van der Waals surface area contributed by atoms with Crippen LogP contribution in [0.5, 0.6) is 0 Å². The van der Waals surface area contributed by atoms with Crippen molar-refractivity contribution in [2.75, 3.05) is 5.32 Å². The molecule has 1 aromatic carbocycles. The van der Waals surface area contributed by atoms with Crippen molar-refractivity contribution in [3.63, 3.8) is 0 Å². The van der Waals surface area contributed by atoms with Crippen LogP contribution in [-0.4, -0.2) is 11.8 Å². The Kier molecular flexibility index (Phi) is 4.04. The lowest BCUT2D eigenvalue weighted by Gasteiger charge is -2.16. The standard InChI is InChI=1S/C12H15F2NS/c13-12(14)16-11-8-4-3-7-10(11)15-9-5-1-2-6-9/h3-4,7-9,12,15H,1-2,5-6H2. The fourth-order valence-electron chi connectivity index (χ4n) is 2.07. The van der Waals surface area contributed by atoms with E-state index in [-0.39, 0.29) is 0 Å². The van der Waals surface area contributed by atoms with Crippen LogP contribution in [0.15, 0.2) is 29.2 Å². The molecule has 1 fully saturated rings. The predicted molar refractivity (Wildman–Crippen MR) is 64.2 cm³/mol. The number of alkyl halides is 2. The average molecular weight is 243 g/mol. The average Bonchev–Trinajstić information content (AvgIpc) is 2.73. The van der Waals surface area contributed by atoms with Crippen LogP contribution < -0.4 is 5.32 Å². The Morgan fingerprint density at radius 1 is 1.19 bits per heavy atom. The normalized spacial score (nSPS) is 16.9. The summed E-state index contributed by atoms with van der Waals surface area (Å²) < 4.78 is 24.7. The smallest absolute Gasteiger partial charge is 0.288 e. The lowest BCUT2D eigenvalue weighted by molar-refractivity contribution is 0.252. The molecule has 0 radical (unpaired) electrons. The number of rotatable bonds is 4. The van der Waals surface area contributed by atoms with E-state index in [0.717, 1.165) is 18.5 Å². The molecule has 0 spiro atoms. The summed E-state index contributed by atoms with van der Waals surface area (Å²) in [6, 6.07) is 7.76. The Morgan fingerprint density at radius 2 is 1.88 bits per heavy atom. The summed E-state index contributed by atoms with van der Waals surface area (Å²) in [5.74, 6) is -2.36. The number of halogens is 2. The molecule has 1 aromatic rings. The third-order valence-corrected chi connectivity index (χ3v) is 3.61. The van der Waals surface area contributed by atoms with Gasteiger partial charge in [-0.15, -0.1) is 0 Å². The number of hydrogen-bond acceptors (Lipinski definition) is 2. The molecule has 16 heavy (non-hydrogen) atoms. The molecule has 1 aliphatic carbocycles. The monoisotopic (exact) mass is 243 g/mol. The van der Waals surface area contributed by atoms with Crippen molar-refractivity contribution in [2.24, 2.45) is 0 Å². The van der Waals surface area contributed by atoms with E-state index < -0.39 is 5.76 Å². The van der Waals surface area contributed by atoms with Gasteiger partial charge in [-0.1, -0.05) is 36.7 Å². The highest BCUT2D eigenvalue weighted by Gasteiger charge is 2.16. The summed E-state index contributed by atoms with van der Waals surface area (Å²) in [6.07, 6.45) is 4.77. The number of thioether (sulfide) groups is 1. The Morgan fingerprint density at radius 3 is 2.56 bits per heavy atom. The highest BCUT2D eigenvalue weighted by Crippen LogP contribution is 2.33. The molecule has 0 unspecified atom stereocenters. The first-order chi connectivity index (χ1) is 7.75. The fraction of sp³-hybridized carbons (Fsp3) is 0.500. The molecular weight excluding hydrogens is 228 g/mol. The van der Waals surface area contributed by atoms with Crippen LogP contribution in [-0.2, 0) is 0 Å². The van der Waals surface area contributed by atoms with E-state index >= 15 is 0 Å². The maximum Gasteiger partial charge on any atom is 0.288 e. The van der Waals surface area contributed by atoms with E-state index in [9.17, 15) is 8.78 Å². The zero-order valence-corrected chi connectivity index (χ0v) is 9.77. The minimum absolute atomic E-state index is 0.458. The largest absolute Gasteiger partial charge is 0.381 e. The van der Waals surface area contributed by atoms with Crippen molar-refractivity contribution in [3.05, 3.63) is 24.3 Å². The summed E-state index contributed by atoms with van der Waals surface area (Å²) in [6.45, 7) is 0. The first-order valence-corrected chi connectivity index (χ1v) is 6.44. The third-order valence-electron chi connectivity index (χ3n) is 2.82. The van der Waals surface area contributed by atoms with Crippen LogP contribution in [0.1, 0.15) is 25.7 Å². The molecule has 0 bridgehead atoms. The molecule has 88 valence electrons. The summed E-state index contributed by atoms with van der Waals surface area (Å²) >= 11 is 0.613. The first kappa shape index (κ1) is 11.7. The van der Waals surface area contributed by atoms with Crippen LogP contribution in [0.3, 0.4) is 0 Å². The number of hydrogen-bond donors (Lipinski definition) is 1. The number of para-hydroxylation sites is 1. The van der Waals surface area contributed by atoms with Gasteiger partial charge in [0.2, 0.25) is 0 Å². The van der Waals surface area contributed by atoms with E-state index in [1.54, 1.807) is 12.1 Å². The van der Waals surface area contributed by atoms with Crippen molar-refractivity contribution in [1.29, 1.82) is 0 Å². The second-order valence-electron chi connectivity index (χ2n) is 4.00. The van der Waals surface area contributed by atoms with Crippen LogP contribution in [0.4, 0.5) is 14.5 Å². The quantitative estimate of drug-likeness (QED) is 0.789. The van der Waals surface area contributed by atoms with Gasteiger partial charge in [0.1, 0.15) is 0 Å². The van der Waals surface area contributed by atoms with Gasteiger partial charge in [0.15, 0.2) is 0 Å². The molecule has 1 N–H and O–H groups in total. The van der Waals surface area contributed by atoms with Gasteiger partial charge in [-0.05, 0) is 25.0 Å². The van der Waals surface area contributed by atoms with Gasteiger partial charge in [-0.25, -0.2) is 0 Å². The van der Waals surface area contributed by atoms with Crippen molar-refractivity contribution in [3.8, 4) is 0 Å². The molecule has 1 nitrogen and oxygen atoms in total. The first-order valence-electron chi connectivity index (χ1n) is 5.56. The fourth-order valence-corrected chi connectivity index (χ4v) is 2.68. The van der Waals surface area contributed by atoms with Gasteiger partial charge in [-0.3, -0.25) is 0 Å². The van der Waals surface area contributed by atoms with Crippen LogP contribution >= 0.6 is 11.8 Å². The number of anilines is 1. The molecule has 0 atom stereocenters. The van der Waals surface area contributed by atoms with Gasteiger partial charge in [0.05, 0.1) is 0 Å². The van der Waals surface area contributed by atoms with Crippen LogP contribution in [0.2, 0.25) is 0 Å². The molecule has 4 heteroatoms. The number of nitrogens with one attached hydrogen (secondary N) is 1. The molecule has 1 aliphatic rings. The second kappa shape index (κ2) is 5.53. The van der Waals surface area contributed by atoms with E-state index in [0.29, 0.717) is 22.7 Å². The zero-order chi connectivity index (χ0) is 11.4. The molecule has 2 rings (SSSR count). The molecule has 0 amide bonds. The van der Waals surface area contributed by atoms with Crippen LogP contribution in [0, 0.1) is 0 Å². The van der Waals surface area contributed by atoms with Crippen LogP contribution in [0.25, 0.3) is 0 Å². The summed E-state index contributed by atoms with van der Waals surface area (Å²) in [7, 11) is 0. The van der Waals surface area contributed by atoms with Crippen molar-refractivity contribution in [2.45, 2.75) is 42.4 Å². The molecule has 0 heterocycles. The maximum atomic E-state index is 12.3. The van der Waals surface area contributed by atoms with E-state index in [4.69, 9.17) is 0 Å². The minimum atomic E-state index is -2.36. The molecule has 0 saturated heterocycles. The summed E-state index contributed by atoms with van der Waals surface area (Å²) in [5, 5.41) is 3.36. The van der Waals surface area contributed by atoms with Crippen molar-refractivity contribution >= 4 is 17.4 Å². The molecular formula is C12H15F2NS. The SMILES string of the molecule is FC(F)Sc1ccccc1NC1CCCC1. The van der Waals surface area contributed by atoms with Gasteiger partial charge in [0.25, 0.3) is 5.76 Å². The Labute approximate surface area is 98.6 Å². The molecule has 1 saturated carbocycles. The zero-order valence-electron chi connectivity index (χ0n) is 8.96. The van der Waals surface area contributed by atoms with E-state index in [2.05, 4.69) is 5.32 Å². The topological polar surface area (TPSA) is 12.0 Å². The molecule has 0 aromatic heterocycles. The van der Waals surface area contributed by atoms with E-state index in [1.807, 2.05) is 12.1 Å². The van der Waals surface area contributed by atoms with Gasteiger partial charge >= 0.3 is 0 Å². The minimum Gasteiger partial charge on any atom is -0.381 e. The lowest BCUT2D eigenvalue weighted by atomic mass is 10.2. The third kappa shape index (κ3) is 3.11. The maximum absolute atomic E-state index is 12.3. The van der Waals surface area contributed by atoms with E-state index in [1.165, 1.54) is 12.8 Å². The highest BCUT2D eigenvalue weighted by atomic mass is 32.2. The Bertz CT molecular complexity index is 338. The Hall–Kier alpha value is -0.770. The van der Waals surface area contributed by atoms with Gasteiger partial charge < -0.3 is 5.32 Å². The summed E-state index contributed by atoms with van der Waals surface area (Å²) in [4.78, 5) is 0.643. The highest BCUT2D eigenvalue weighted by molar-refractivity contribution is 7.99. The van der Waals surface area contributed by atoms with Crippen molar-refractivity contribution < 1.29 is 8.78 Å². The predicted octanol–water partition coefficient (Wildman–Crippen LogP) is 4.36. The lowest BCUT2D eigenvalue weighted by Crippen LogP contribution is -2.15. The van der Waals surface area contributed by atoms with Crippen molar-refractivity contribution in [1.82, 2.24) is 0 Å².